The molecule has 1 aliphatic rings. The zero-order valence-electron chi connectivity index (χ0n) is 11.6. The van der Waals surface area contributed by atoms with E-state index in [0.717, 1.165) is 5.69 Å². The smallest absolute Gasteiger partial charge is 0.414 e. The Labute approximate surface area is 118 Å². The lowest BCUT2D eigenvalue weighted by Gasteiger charge is -2.24. The van der Waals surface area contributed by atoms with Gasteiger partial charge in [-0.2, -0.15) is 0 Å². The van der Waals surface area contributed by atoms with Crippen molar-refractivity contribution in [2.75, 3.05) is 12.0 Å². The lowest BCUT2D eigenvalue weighted by molar-refractivity contribution is 0.177. The zero-order chi connectivity index (χ0) is 14.1. The van der Waals surface area contributed by atoms with Gasteiger partial charge < -0.3 is 4.74 Å². The first-order valence-electron chi connectivity index (χ1n) is 6.75. The molecule has 1 aliphatic heterocycles. The first kappa shape index (κ1) is 12.7. The van der Waals surface area contributed by atoms with Crippen molar-refractivity contribution < 1.29 is 9.53 Å². The van der Waals surface area contributed by atoms with Crippen LogP contribution in [0.4, 0.5) is 10.5 Å². The van der Waals surface area contributed by atoms with E-state index in [1.54, 1.807) is 4.90 Å². The predicted octanol–water partition coefficient (Wildman–Crippen LogP) is 3.79. The Morgan fingerprint density at radius 1 is 1.05 bits per heavy atom. The number of fused-ring (bicyclic) bond motifs is 1. The Hall–Kier alpha value is -2.29. The summed E-state index contributed by atoms with van der Waals surface area (Å²) in [7, 11) is 1.42. The highest BCUT2D eigenvalue weighted by atomic mass is 16.5. The van der Waals surface area contributed by atoms with Crippen molar-refractivity contribution >= 4 is 11.8 Å². The van der Waals surface area contributed by atoms with Gasteiger partial charge in [0.2, 0.25) is 0 Å². The van der Waals surface area contributed by atoms with Crippen LogP contribution in [-0.4, -0.2) is 19.2 Å². The second-order valence-corrected chi connectivity index (χ2v) is 5.03. The molecular weight excluding hydrogens is 250 g/mol. The minimum atomic E-state index is -0.302. The van der Waals surface area contributed by atoms with E-state index in [4.69, 9.17) is 4.74 Å². The van der Waals surface area contributed by atoms with Crippen LogP contribution in [0.1, 0.15) is 24.0 Å². The molecule has 2 aromatic carbocycles. The topological polar surface area (TPSA) is 29.5 Å². The van der Waals surface area contributed by atoms with E-state index < -0.39 is 0 Å². The lowest BCUT2D eigenvalue weighted by atomic mass is 9.89. The van der Waals surface area contributed by atoms with Crippen LogP contribution in [0.25, 0.3) is 0 Å². The second-order valence-electron chi connectivity index (χ2n) is 5.03. The summed E-state index contributed by atoms with van der Waals surface area (Å²) in [5.41, 5.74) is 3.34. The number of rotatable bonds is 1. The van der Waals surface area contributed by atoms with E-state index in [-0.39, 0.29) is 18.1 Å². The van der Waals surface area contributed by atoms with Gasteiger partial charge in [-0.1, -0.05) is 48.5 Å². The summed E-state index contributed by atoms with van der Waals surface area (Å²) >= 11 is 0. The maximum atomic E-state index is 12.1. The Balaban J connectivity index is 2.12. The number of anilines is 1. The van der Waals surface area contributed by atoms with Gasteiger partial charge in [0.05, 0.1) is 12.8 Å². The van der Waals surface area contributed by atoms with Crippen molar-refractivity contribution in [2.24, 2.45) is 0 Å². The van der Waals surface area contributed by atoms with E-state index in [1.807, 2.05) is 36.4 Å². The molecule has 20 heavy (non-hydrogen) atoms. The summed E-state index contributed by atoms with van der Waals surface area (Å²) < 4.78 is 4.93. The van der Waals surface area contributed by atoms with Crippen molar-refractivity contribution in [1.29, 1.82) is 0 Å². The normalized spacial score (nSPS) is 20.6. The van der Waals surface area contributed by atoms with Crippen molar-refractivity contribution in [3.05, 3.63) is 65.7 Å². The average molecular weight is 267 g/mol. The van der Waals surface area contributed by atoms with Crippen molar-refractivity contribution in [3.63, 3.8) is 0 Å². The third kappa shape index (κ3) is 1.86. The number of methoxy groups -OCH3 is 1. The number of carbonyl (C=O) groups is 1. The summed E-state index contributed by atoms with van der Waals surface area (Å²) in [5.74, 6) is 0.187. The first-order valence-corrected chi connectivity index (χ1v) is 6.75. The number of amides is 1. The number of ether oxygens (including phenoxy) is 1. The second kappa shape index (κ2) is 5.00. The highest BCUT2D eigenvalue weighted by Gasteiger charge is 2.39. The third-order valence-corrected chi connectivity index (χ3v) is 3.95. The van der Waals surface area contributed by atoms with Gasteiger partial charge in [-0.05, 0) is 24.1 Å². The van der Waals surface area contributed by atoms with E-state index in [9.17, 15) is 4.79 Å². The monoisotopic (exact) mass is 267 g/mol. The third-order valence-electron chi connectivity index (χ3n) is 3.95. The number of benzene rings is 2. The molecule has 1 heterocycles. The molecule has 3 rings (SSSR count). The molecule has 0 radical (unpaired) electrons. The minimum Gasteiger partial charge on any atom is -0.452 e. The average Bonchev–Trinajstić information content (AvgIpc) is 2.79. The van der Waals surface area contributed by atoms with E-state index in [1.165, 1.54) is 18.2 Å². The number of carbonyl (C=O) groups excluding carboxylic acids is 1. The van der Waals surface area contributed by atoms with Crippen LogP contribution >= 0.6 is 0 Å². The SMILES string of the molecule is COC(=O)N1c2ccccc2[C@H](c2ccccc2)[C@H]1C. The molecule has 2 atom stereocenters. The molecule has 3 heteroatoms. The molecule has 0 saturated carbocycles. The fraction of sp³-hybridized carbons (Fsp3) is 0.235. The Bertz CT molecular complexity index is 624. The van der Waals surface area contributed by atoms with Crippen LogP contribution in [0.15, 0.2) is 54.6 Å². The number of hydrogen-bond donors (Lipinski definition) is 0. The molecule has 102 valence electrons. The largest absolute Gasteiger partial charge is 0.452 e. The summed E-state index contributed by atoms with van der Waals surface area (Å²) in [4.78, 5) is 13.8. The fourth-order valence-electron chi connectivity index (χ4n) is 3.08. The summed E-state index contributed by atoms with van der Waals surface area (Å²) in [6.07, 6.45) is -0.302. The molecule has 0 N–H and O–H groups in total. The Kier molecular flexibility index (Phi) is 3.18. The quantitative estimate of drug-likeness (QED) is 0.786. The Morgan fingerprint density at radius 2 is 1.70 bits per heavy atom. The first-order chi connectivity index (χ1) is 9.74. The van der Waals surface area contributed by atoms with Gasteiger partial charge >= 0.3 is 6.09 Å². The fourth-order valence-corrected chi connectivity index (χ4v) is 3.08. The maximum absolute atomic E-state index is 12.1. The summed E-state index contributed by atoms with van der Waals surface area (Å²) in [6, 6.07) is 18.4. The van der Waals surface area contributed by atoms with Crippen molar-refractivity contribution in [2.45, 2.75) is 18.9 Å². The van der Waals surface area contributed by atoms with Gasteiger partial charge in [0.15, 0.2) is 0 Å². The number of hydrogen-bond acceptors (Lipinski definition) is 2. The van der Waals surface area contributed by atoms with Gasteiger partial charge in [-0.25, -0.2) is 4.79 Å². The molecule has 3 nitrogen and oxygen atoms in total. The highest BCUT2D eigenvalue weighted by Crippen LogP contribution is 2.44. The number of nitrogens with zero attached hydrogens (tertiary/aromatic N) is 1. The van der Waals surface area contributed by atoms with Crippen LogP contribution < -0.4 is 4.90 Å². The van der Waals surface area contributed by atoms with Crippen LogP contribution in [0.3, 0.4) is 0 Å². The standard InChI is InChI=1S/C17H17NO2/c1-12-16(13-8-4-3-5-9-13)14-10-6-7-11-15(14)18(12)17(19)20-2/h3-12,16H,1-2H3/t12-,16+/m1/s1. The lowest BCUT2D eigenvalue weighted by Crippen LogP contribution is -2.37. The maximum Gasteiger partial charge on any atom is 0.414 e. The molecule has 0 saturated heterocycles. The van der Waals surface area contributed by atoms with Crippen LogP contribution in [0.2, 0.25) is 0 Å². The van der Waals surface area contributed by atoms with Gasteiger partial charge in [0.25, 0.3) is 0 Å². The van der Waals surface area contributed by atoms with Gasteiger partial charge in [0.1, 0.15) is 0 Å². The van der Waals surface area contributed by atoms with Crippen LogP contribution in [0, 0.1) is 0 Å². The molecular formula is C17H17NO2. The minimum absolute atomic E-state index is 0.0437. The van der Waals surface area contributed by atoms with E-state index in [0.29, 0.717) is 0 Å². The molecule has 0 unspecified atom stereocenters. The summed E-state index contributed by atoms with van der Waals surface area (Å²) in [6.45, 7) is 2.06. The predicted molar refractivity (Wildman–Crippen MR) is 79.1 cm³/mol. The molecule has 0 fully saturated rings. The van der Waals surface area contributed by atoms with Gasteiger partial charge in [0, 0.05) is 12.0 Å². The zero-order valence-corrected chi connectivity index (χ0v) is 11.6. The summed E-state index contributed by atoms with van der Waals surface area (Å²) in [5, 5.41) is 0. The van der Waals surface area contributed by atoms with E-state index in [2.05, 4.69) is 25.1 Å². The molecule has 0 bridgehead atoms. The van der Waals surface area contributed by atoms with E-state index >= 15 is 0 Å². The van der Waals surface area contributed by atoms with Crippen molar-refractivity contribution in [1.82, 2.24) is 0 Å². The molecule has 0 spiro atoms. The number of para-hydroxylation sites is 1. The molecule has 1 amide bonds. The van der Waals surface area contributed by atoms with Crippen LogP contribution in [0.5, 0.6) is 0 Å². The Morgan fingerprint density at radius 3 is 2.40 bits per heavy atom. The van der Waals surface area contributed by atoms with Gasteiger partial charge in [-0.3, -0.25) is 4.90 Å². The van der Waals surface area contributed by atoms with Crippen molar-refractivity contribution in [3.8, 4) is 0 Å². The molecule has 0 aromatic heterocycles. The van der Waals surface area contributed by atoms with Gasteiger partial charge in [-0.15, -0.1) is 0 Å². The molecule has 2 aromatic rings. The van der Waals surface area contributed by atoms with Crippen LogP contribution in [-0.2, 0) is 4.74 Å². The molecule has 0 aliphatic carbocycles. The highest BCUT2D eigenvalue weighted by molar-refractivity contribution is 5.92.